The summed E-state index contributed by atoms with van der Waals surface area (Å²) in [5.41, 5.74) is 2.82. The molecule has 0 radical (unpaired) electrons. The molecule has 1 aromatic heterocycles. The predicted molar refractivity (Wildman–Crippen MR) is 91.6 cm³/mol. The van der Waals surface area contributed by atoms with Gasteiger partial charge in [0.05, 0.1) is 6.54 Å². The zero-order chi connectivity index (χ0) is 18.0. The van der Waals surface area contributed by atoms with Crippen molar-refractivity contribution in [3.63, 3.8) is 0 Å². The van der Waals surface area contributed by atoms with Crippen LogP contribution in [-0.4, -0.2) is 15.7 Å². The normalized spacial score (nSPS) is 10.7. The fourth-order valence-electron chi connectivity index (χ4n) is 2.67. The van der Waals surface area contributed by atoms with E-state index in [9.17, 15) is 13.6 Å². The van der Waals surface area contributed by atoms with Crippen LogP contribution in [0.15, 0.2) is 48.7 Å². The molecule has 0 saturated heterocycles. The second kappa shape index (κ2) is 6.84. The quantitative estimate of drug-likeness (QED) is 0.777. The number of hydrogen-bond acceptors (Lipinski definition) is 2. The van der Waals surface area contributed by atoms with Crippen LogP contribution in [0.4, 0.5) is 14.6 Å². The molecule has 3 aromatic rings. The van der Waals surface area contributed by atoms with Crippen molar-refractivity contribution in [2.45, 2.75) is 20.4 Å². The van der Waals surface area contributed by atoms with Crippen LogP contribution in [0.25, 0.3) is 0 Å². The second-order valence-electron chi connectivity index (χ2n) is 5.82. The molecule has 0 spiro atoms. The van der Waals surface area contributed by atoms with Gasteiger partial charge in [-0.05, 0) is 42.7 Å². The molecule has 1 heterocycles. The average molecular weight is 341 g/mol. The van der Waals surface area contributed by atoms with E-state index in [0.29, 0.717) is 6.54 Å². The van der Waals surface area contributed by atoms with Crippen LogP contribution in [0.1, 0.15) is 27.0 Å². The maximum Gasteiger partial charge on any atom is 0.262 e. The molecule has 0 fully saturated rings. The number of aryl methyl sites for hydroxylation is 2. The van der Waals surface area contributed by atoms with Gasteiger partial charge in [0.1, 0.15) is 17.2 Å². The minimum Gasteiger partial charge on any atom is -0.305 e. The lowest BCUT2D eigenvalue weighted by Crippen LogP contribution is -2.16. The summed E-state index contributed by atoms with van der Waals surface area (Å²) in [4.78, 5) is 12.1. The van der Waals surface area contributed by atoms with Crippen molar-refractivity contribution in [3.8, 4) is 0 Å². The fourth-order valence-corrected chi connectivity index (χ4v) is 2.67. The lowest BCUT2D eigenvalue weighted by molar-refractivity contribution is 0.101. The van der Waals surface area contributed by atoms with Gasteiger partial charge in [0.25, 0.3) is 5.91 Å². The van der Waals surface area contributed by atoms with Crippen LogP contribution >= 0.6 is 0 Å². The first-order valence-corrected chi connectivity index (χ1v) is 7.79. The summed E-state index contributed by atoms with van der Waals surface area (Å²) in [6.07, 6.45) is 1.71. The van der Waals surface area contributed by atoms with Crippen LogP contribution in [0, 0.1) is 25.5 Å². The van der Waals surface area contributed by atoms with Gasteiger partial charge in [0, 0.05) is 12.3 Å². The molecule has 0 saturated carbocycles. The molecule has 2 aromatic carbocycles. The molecule has 0 aliphatic rings. The third-order valence-corrected chi connectivity index (χ3v) is 4.04. The van der Waals surface area contributed by atoms with E-state index < -0.39 is 23.1 Å². The van der Waals surface area contributed by atoms with E-state index in [1.807, 2.05) is 32.0 Å². The second-order valence-corrected chi connectivity index (χ2v) is 5.82. The Morgan fingerprint density at radius 2 is 1.64 bits per heavy atom. The number of nitrogens with one attached hydrogen (secondary N) is 1. The van der Waals surface area contributed by atoms with Crippen LogP contribution < -0.4 is 5.32 Å². The van der Waals surface area contributed by atoms with Crippen molar-refractivity contribution < 1.29 is 13.6 Å². The van der Waals surface area contributed by atoms with Crippen LogP contribution in [0.2, 0.25) is 0 Å². The van der Waals surface area contributed by atoms with Gasteiger partial charge in [-0.2, -0.15) is 5.10 Å². The van der Waals surface area contributed by atoms with Gasteiger partial charge in [-0.25, -0.2) is 8.78 Å². The highest BCUT2D eigenvalue weighted by Crippen LogP contribution is 2.17. The average Bonchev–Trinajstić information content (AvgIpc) is 2.98. The minimum absolute atomic E-state index is 0.235. The number of benzene rings is 2. The Morgan fingerprint density at radius 1 is 1.04 bits per heavy atom. The van der Waals surface area contributed by atoms with Crippen LogP contribution in [0.5, 0.6) is 0 Å². The molecule has 0 bridgehead atoms. The van der Waals surface area contributed by atoms with Crippen molar-refractivity contribution >= 4 is 11.7 Å². The summed E-state index contributed by atoms with van der Waals surface area (Å²) < 4.78 is 29.0. The van der Waals surface area contributed by atoms with Crippen molar-refractivity contribution in [2.75, 3.05) is 5.32 Å². The molecule has 128 valence electrons. The first-order chi connectivity index (χ1) is 12.0. The first-order valence-electron chi connectivity index (χ1n) is 7.79. The van der Waals surface area contributed by atoms with E-state index in [0.717, 1.165) is 28.8 Å². The Labute approximate surface area is 144 Å². The molecule has 0 atom stereocenters. The predicted octanol–water partition coefficient (Wildman–Crippen LogP) is 4.08. The molecule has 1 amide bonds. The molecule has 4 nitrogen and oxygen atoms in total. The summed E-state index contributed by atoms with van der Waals surface area (Å²) >= 11 is 0. The van der Waals surface area contributed by atoms with Gasteiger partial charge in [-0.1, -0.05) is 24.3 Å². The summed E-state index contributed by atoms with van der Waals surface area (Å²) in [5.74, 6) is -2.45. The van der Waals surface area contributed by atoms with E-state index in [1.165, 1.54) is 6.07 Å². The van der Waals surface area contributed by atoms with Gasteiger partial charge in [-0.3, -0.25) is 9.48 Å². The Morgan fingerprint density at radius 3 is 2.28 bits per heavy atom. The summed E-state index contributed by atoms with van der Waals surface area (Å²) in [5, 5.41) is 6.68. The molecule has 25 heavy (non-hydrogen) atoms. The fraction of sp³-hybridized carbons (Fsp3) is 0.158. The molecular weight excluding hydrogens is 324 g/mol. The SMILES string of the molecule is Cc1cccc(C)c1Cn1ccc(NC(=O)c2c(F)cccc2F)n1. The Balaban J connectivity index is 1.77. The first kappa shape index (κ1) is 16.8. The molecule has 3 rings (SSSR count). The van der Waals surface area contributed by atoms with Crippen molar-refractivity contribution in [1.29, 1.82) is 0 Å². The maximum absolute atomic E-state index is 13.7. The van der Waals surface area contributed by atoms with Gasteiger partial charge in [0.2, 0.25) is 0 Å². The number of carbonyl (C=O) groups is 1. The Hall–Kier alpha value is -3.02. The third-order valence-electron chi connectivity index (χ3n) is 4.04. The number of rotatable bonds is 4. The van der Waals surface area contributed by atoms with Crippen molar-refractivity contribution in [3.05, 3.63) is 82.5 Å². The van der Waals surface area contributed by atoms with Gasteiger partial charge < -0.3 is 5.32 Å². The smallest absolute Gasteiger partial charge is 0.262 e. The zero-order valence-corrected chi connectivity index (χ0v) is 13.9. The number of hydrogen-bond donors (Lipinski definition) is 1. The standard InChI is InChI=1S/C19H17F2N3O/c1-12-5-3-6-13(2)14(12)11-24-10-9-17(23-24)22-19(25)18-15(20)7-4-8-16(18)21/h3-10H,11H2,1-2H3,(H,22,23,25). The highest BCUT2D eigenvalue weighted by atomic mass is 19.1. The van der Waals surface area contributed by atoms with Gasteiger partial charge in [0.15, 0.2) is 5.82 Å². The highest BCUT2D eigenvalue weighted by molar-refractivity contribution is 6.04. The lowest BCUT2D eigenvalue weighted by Gasteiger charge is -2.09. The molecule has 6 heteroatoms. The number of nitrogens with zero attached hydrogens (tertiary/aromatic N) is 2. The van der Waals surface area contributed by atoms with E-state index in [4.69, 9.17) is 0 Å². The molecule has 0 aliphatic heterocycles. The zero-order valence-electron chi connectivity index (χ0n) is 13.9. The molecular formula is C19H17F2N3O. The van der Waals surface area contributed by atoms with Crippen LogP contribution in [0.3, 0.4) is 0 Å². The largest absolute Gasteiger partial charge is 0.305 e. The number of halogens is 2. The number of aromatic nitrogens is 2. The topological polar surface area (TPSA) is 46.9 Å². The van der Waals surface area contributed by atoms with Gasteiger partial charge in [-0.15, -0.1) is 0 Å². The Bertz CT molecular complexity index is 894. The highest BCUT2D eigenvalue weighted by Gasteiger charge is 2.18. The molecule has 0 unspecified atom stereocenters. The van der Waals surface area contributed by atoms with Crippen molar-refractivity contribution in [2.24, 2.45) is 0 Å². The lowest BCUT2D eigenvalue weighted by atomic mass is 10.0. The third kappa shape index (κ3) is 3.57. The summed E-state index contributed by atoms with van der Waals surface area (Å²) in [6.45, 7) is 4.59. The van der Waals surface area contributed by atoms with E-state index in [1.54, 1.807) is 16.9 Å². The summed E-state index contributed by atoms with van der Waals surface area (Å²) in [6, 6.07) is 10.9. The van der Waals surface area contributed by atoms with Gasteiger partial charge >= 0.3 is 0 Å². The molecule has 0 aliphatic carbocycles. The Kier molecular flexibility index (Phi) is 4.61. The summed E-state index contributed by atoms with van der Waals surface area (Å²) in [7, 11) is 0. The minimum atomic E-state index is -0.910. The van der Waals surface area contributed by atoms with E-state index >= 15 is 0 Å². The van der Waals surface area contributed by atoms with Crippen LogP contribution in [-0.2, 0) is 6.54 Å². The maximum atomic E-state index is 13.7. The number of carbonyl (C=O) groups excluding carboxylic acids is 1. The van der Waals surface area contributed by atoms with Crippen molar-refractivity contribution in [1.82, 2.24) is 9.78 Å². The van der Waals surface area contributed by atoms with E-state index in [2.05, 4.69) is 10.4 Å². The van der Waals surface area contributed by atoms with E-state index in [-0.39, 0.29) is 5.82 Å². The number of amides is 1. The molecule has 1 N–H and O–H groups in total. The number of anilines is 1. The monoisotopic (exact) mass is 341 g/mol.